The quantitative estimate of drug-likeness (QED) is 0.310. The summed E-state index contributed by atoms with van der Waals surface area (Å²) in [5.74, 6) is 0. The lowest BCUT2D eigenvalue weighted by atomic mass is 10.1. The maximum absolute atomic E-state index is 12.9. The molecule has 0 radical (unpaired) electrons. The number of hydrogen-bond donors (Lipinski definition) is 1. The summed E-state index contributed by atoms with van der Waals surface area (Å²) < 4.78 is 68.8. The van der Waals surface area contributed by atoms with Crippen molar-refractivity contribution < 1.29 is 26.5 Å². The number of fused-ring (bicyclic) bond motifs is 3. The predicted octanol–water partition coefficient (Wildman–Crippen LogP) is 5.54. The van der Waals surface area contributed by atoms with E-state index in [1.165, 1.54) is 6.07 Å². The summed E-state index contributed by atoms with van der Waals surface area (Å²) in [7, 11) is -4.54. The van der Waals surface area contributed by atoms with Crippen LogP contribution in [0.4, 0.5) is 24.5 Å². The van der Waals surface area contributed by atoms with Crippen LogP contribution >= 0.6 is 0 Å². The summed E-state index contributed by atoms with van der Waals surface area (Å²) >= 11 is 0. The van der Waals surface area contributed by atoms with Crippen LogP contribution in [0.3, 0.4) is 0 Å². The molecular formula is C21H16F3N3O4S. The molecular weight excluding hydrogens is 447 g/mol. The van der Waals surface area contributed by atoms with Gasteiger partial charge in [0.2, 0.25) is 0 Å². The first-order valence-corrected chi connectivity index (χ1v) is 10.9. The van der Waals surface area contributed by atoms with Crippen LogP contribution in [0, 0.1) is 10.1 Å². The molecule has 1 aromatic heterocycles. The summed E-state index contributed by atoms with van der Waals surface area (Å²) in [6.45, 7) is 2.67. The fourth-order valence-corrected chi connectivity index (χ4v) is 4.93. The number of nitro benzene ring substituents is 1. The van der Waals surface area contributed by atoms with Gasteiger partial charge in [-0.05, 0) is 43.3 Å². The number of benzene rings is 3. The Bertz CT molecular complexity index is 1480. The SMILES string of the molecule is CCn1c2ccccc2c2cc(NS(=O)(=O)c3ccc(C(F)(F)F)cc3[N+](=O)[O-])ccc21. The molecule has 0 bridgehead atoms. The average Bonchev–Trinajstić information content (AvgIpc) is 3.05. The number of hydrogen-bond acceptors (Lipinski definition) is 4. The Hall–Kier alpha value is -3.60. The van der Waals surface area contributed by atoms with Gasteiger partial charge in [0.15, 0.2) is 4.90 Å². The van der Waals surface area contributed by atoms with Gasteiger partial charge < -0.3 is 4.57 Å². The minimum Gasteiger partial charge on any atom is -0.341 e. The van der Waals surface area contributed by atoms with E-state index in [0.29, 0.717) is 18.7 Å². The Balaban J connectivity index is 1.80. The average molecular weight is 463 g/mol. The molecule has 0 aliphatic heterocycles. The highest BCUT2D eigenvalue weighted by Crippen LogP contribution is 2.36. The summed E-state index contributed by atoms with van der Waals surface area (Å²) in [6, 6.07) is 13.7. The van der Waals surface area contributed by atoms with Crippen molar-refractivity contribution in [2.75, 3.05) is 4.72 Å². The van der Waals surface area contributed by atoms with E-state index < -0.39 is 37.3 Å². The number of aromatic nitrogens is 1. The molecule has 7 nitrogen and oxygen atoms in total. The molecule has 11 heteroatoms. The van der Waals surface area contributed by atoms with Crippen LogP contribution < -0.4 is 4.72 Å². The first-order valence-electron chi connectivity index (χ1n) is 9.42. The van der Waals surface area contributed by atoms with Gasteiger partial charge in [0.05, 0.1) is 10.5 Å². The maximum atomic E-state index is 12.9. The molecule has 1 N–H and O–H groups in total. The molecule has 0 spiro atoms. The lowest BCUT2D eigenvalue weighted by Crippen LogP contribution is -2.16. The lowest BCUT2D eigenvalue weighted by Gasteiger charge is -2.11. The maximum Gasteiger partial charge on any atom is 0.416 e. The molecule has 1 heterocycles. The highest BCUT2D eigenvalue weighted by molar-refractivity contribution is 7.92. The smallest absolute Gasteiger partial charge is 0.341 e. The van der Waals surface area contributed by atoms with Crippen molar-refractivity contribution in [3.05, 3.63) is 76.3 Å². The van der Waals surface area contributed by atoms with Crippen LogP contribution in [-0.2, 0) is 22.7 Å². The van der Waals surface area contributed by atoms with E-state index in [-0.39, 0.29) is 11.8 Å². The number of alkyl halides is 3. The fourth-order valence-electron chi connectivity index (χ4n) is 3.73. The Morgan fingerprint density at radius 3 is 2.34 bits per heavy atom. The second kappa shape index (κ2) is 7.52. The van der Waals surface area contributed by atoms with Crippen LogP contribution in [0.15, 0.2) is 65.6 Å². The van der Waals surface area contributed by atoms with Crippen molar-refractivity contribution in [1.29, 1.82) is 0 Å². The molecule has 0 saturated heterocycles. The largest absolute Gasteiger partial charge is 0.416 e. The van der Waals surface area contributed by atoms with Crippen molar-refractivity contribution >= 4 is 43.2 Å². The summed E-state index contributed by atoms with van der Waals surface area (Å²) in [4.78, 5) is 9.29. The van der Waals surface area contributed by atoms with Gasteiger partial charge in [0.25, 0.3) is 15.7 Å². The van der Waals surface area contributed by atoms with Crippen LogP contribution in [0.25, 0.3) is 21.8 Å². The van der Waals surface area contributed by atoms with Crippen molar-refractivity contribution in [1.82, 2.24) is 4.57 Å². The standard InChI is InChI=1S/C21H16F3N3O4S/c1-2-26-17-6-4-3-5-15(17)16-12-14(8-9-18(16)26)25-32(30,31)20-10-7-13(21(22,23)24)11-19(20)27(28)29/h3-12,25H,2H2,1H3. The number of sulfonamides is 1. The van der Waals surface area contributed by atoms with Gasteiger partial charge in [-0.25, -0.2) is 8.42 Å². The van der Waals surface area contributed by atoms with E-state index in [1.54, 1.807) is 12.1 Å². The fraction of sp³-hybridized carbons (Fsp3) is 0.143. The van der Waals surface area contributed by atoms with Crippen molar-refractivity contribution in [3.63, 3.8) is 0 Å². The number of aryl methyl sites for hydroxylation is 1. The van der Waals surface area contributed by atoms with Gasteiger partial charge in [0.1, 0.15) is 0 Å². The Labute approximate surface area is 180 Å². The third kappa shape index (κ3) is 3.64. The summed E-state index contributed by atoms with van der Waals surface area (Å²) in [5, 5.41) is 13.0. The second-order valence-corrected chi connectivity index (χ2v) is 8.69. The first kappa shape index (κ1) is 21.6. The molecule has 4 aromatic rings. The molecule has 0 saturated carbocycles. The Kier molecular flexibility index (Phi) is 5.08. The second-order valence-electron chi connectivity index (χ2n) is 7.04. The van der Waals surface area contributed by atoms with E-state index in [9.17, 15) is 31.7 Å². The van der Waals surface area contributed by atoms with Gasteiger partial charge in [0, 0.05) is 40.1 Å². The number of nitro groups is 1. The normalized spacial score (nSPS) is 12.4. The van der Waals surface area contributed by atoms with Crippen LogP contribution in [0.2, 0.25) is 0 Å². The van der Waals surface area contributed by atoms with Crippen LogP contribution in [-0.4, -0.2) is 17.9 Å². The van der Waals surface area contributed by atoms with E-state index >= 15 is 0 Å². The van der Waals surface area contributed by atoms with E-state index in [0.717, 1.165) is 21.8 Å². The highest BCUT2D eigenvalue weighted by Gasteiger charge is 2.35. The zero-order chi connectivity index (χ0) is 23.3. The van der Waals surface area contributed by atoms with Gasteiger partial charge >= 0.3 is 6.18 Å². The first-order chi connectivity index (χ1) is 15.0. The van der Waals surface area contributed by atoms with Gasteiger partial charge in [-0.2, -0.15) is 13.2 Å². The molecule has 0 atom stereocenters. The zero-order valence-corrected chi connectivity index (χ0v) is 17.4. The summed E-state index contributed by atoms with van der Waals surface area (Å²) in [6.07, 6.45) is -4.85. The molecule has 32 heavy (non-hydrogen) atoms. The topological polar surface area (TPSA) is 94.2 Å². The number of halogens is 3. The van der Waals surface area contributed by atoms with E-state index in [4.69, 9.17) is 0 Å². The predicted molar refractivity (Wildman–Crippen MR) is 114 cm³/mol. The third-order valence-electron chi connectivity index (χ3n) is 5.11. The number of nitrogens with zero attached hydrogens (tertiary/aromatic N) is 2. The monoisotopic (exact) mass is 463 g/mol. The van der Waals surface area contributed by atoms with Crippen molar-refractivity contribution in [2.24, 2.45) is 0 Å². The van der Waals surface area contributed by atoms with Gasteiger partial charge in [-0.1, -0.05) is 18.2 Å². The molecule has 3 aromatic carbocycles. The molecule has 166 valence electrons. The van der Waals surface area contributed by atoms with Crippen molar-refractivity contribution in [3.8, 4) is 0 Å². The minimum absolute atomic E-state index is 0.130. The molecule has 0 aliphatic carbocycles. The molecule has 0 amide bonds. The molecule has 0 fully saturated rings. The Morgan fingerprint density at radius 1 is 1.00 bits per heavy atom. The Morgan fingerprint density at radius 2 is 1.69 bits per heavy atom. The third-order valence-corrected chi connectivity index (χ3v) is 6.54. The number of anilines is 1. The number of para-hydroxylation sites is 1. The molecule has 4 rings (SSSR count). The molecule has 0 unspecified atom stereocenters. The van der Waals surface area contributed by atoms with Gasteiger partial charge in [-0.3, -0.25) is 14.8 Å². The van der Waals surface area contributed by atoms with E-state index in [1.807, 2.05) is 31.2 Å². The van der Waals surface area contributed by atoms with Gasteiger partial charge in [-0.15, -0.1) is 0 Å². The van der Waals surface area contributed by atoms with Crippen molar-refractivity contribution in [2.45, 2.75) is 24.5 Å². The van der Waals surface area contributed by atoms with E-state index in [2.05, 4.69) is 9.29 Å². The zero-order valence-electron chi connectivity index (χ0n) is 16.6. The summed E-state index contributed by atoms with van der Waals surface area (Å²) in [5.41, 5.74) is -0.501. The minimum atomic E-state index is -4.85. The highest BCUT2D eigenvalue weighted by atomic mass is 32.2. The van der Waals surface area contributed by atoms with Crippen LogP contribution in [0.5, 0.6) is 0 Å². The van der Waals surface area contributed by atoms with Crippen LogP contribution in [0.1, 0.15) is 12.5 Å². The molecule has 0 aliphatic rings. The number of nitrogens with one attached hydrogen (secondary N) is 1. The lowest BCUT2D eigenvalue weighted by molar-refractivity contribution is -0.388. The number of rotatable bonds is 5.